The maximum absolute atomic E-state index is 6.29. The van der Waals surface area contributed by atoms with Gasteiger partial charge in [-0.2, -0.15) is 0 Å². The van der Waals surface area contributed by atoms with Crippen LogP contribution in [0.2, 0.25) is 0 Å². The molecule has 2 atom stereocenters. The van der Waals surface area contributed by atoms with Crippen molar-refractivity contribution in [2.45, 2.75) is 57.0 Å². The van der Waals surface area contributed by atoms with Crippen LogP contribution < -0.4 is 11.1 Å². The van der Waals surface area contributed by atoms with Gasteiger partial charge in [-0.25, -0.2) is 0 Å². The summed E-state index contributed by atoms with van der Waals surface area (Å²) in [6.45, 7) is 1.19. The van der Waals surface area contributed by atoms with E-state index in [1.54, 1.807) is 0 Å². The fraction of sp³-hybridized carbons (Fsp3) is 1.00. The summed E-state index contributed by atoms with van der Waals surface area (Å²) in [6, 6.07) is 1.06. The lowest BCUT2D eigenvalue weighted by atomic mass is 9.81. The van der Waals surface area contributed by atoms with Gasteiger partial charge in [-0.3, -0.25) is 0 Å². The minimum atomic E-state index is 0.433. The molecule has 0 radical (unpaired) electrons. The third-order valence-corrected chi connectivity index (χ3v) is 3.76. The molecule has 1 aliphatic carbocycles. The van der Waals surface area contributed by atoms with Gasteiger partial charge in [-0.1, -0.05) is 19.3 Å². The van der Waals surface area contributed by atoms with Gasteiger partial charge in [-0.05, 0) is 38.1 Å². The Hall–Kier alpha value is -0.0800. The second-order valence-electron chi connectivity index (χ2n) is 4.68. The molecule has 1 saturated heterocycles. The Bertz CT molecular complexity index is 146. The predicted molar refractivity (Wildman–Crippen MR) is 55.6 cm³/mol. The molecule has 1 heterocycles. The minimum absolute atomic E-state index is 0.433. The zero-order chi connectivity index (χ0) is 9.10. The summed E-state index contributed by atoms with van der Waals surface area (Å²) in [6.07, 6.45) is 9.62. The van der Waals surface area contributed by atoms with Crippen LogP contribution in [0.4, 0.5) is 0 Å². The largest absolute Gasteiger partial charge is 0.326 e. The summed E-state index contributed by atoms with van der Waals surface area (Å²) in [7, 11) is 0. The zero-order valence-corrected chi connectivity index (χ0v) is 8.47. The average Bonchev–Trinajstić information content (AvgIpc) is 2.71. The van der Waals surface area contributed by atoms with Crippen LogP contribution >= 0.6 is 0 Å². The molecule has 2 heteroatoms. The maximum atomic E-state index is 6.29. The topological polar surface area (TPSA) is 38.0 Å². The van der Waals surface area contributed by atoms with E-state index in [0.717, 1.165) is 5.92 Å². The molecule has 13 heavy (non-hydrogen) atoms. The maximum Gasteiger partial charge on any atom is 0.0223 e. The van der Waals surface area contributed by atoms with E-state index in [9.17, 15) is 0 Å². The molecule has 0 aromatic carbocycles. The molecular formula is C11H22N2. The highest BCUT2D eigenvalue weighted by Crippen LogP contribution is 2.28. The van der Waals surface area contributed by atoms with Crippen LogP contribution in [-0.4, -0.2) is 18.6 Å². The molecule has 2 unspecified atom stereocenters. The van der Waals surface area contributed by atoms with E-state index in [0.29, 0.717) is 12.1 Å². The van der Waals surface area contributed by atoms with Gasteiger partial charge in [0.25, 0.3) is 0 Å². The zero-order valence-electron chi connectivity index (χ0n) is 8.47. The molecular weight excluding hydrogens is 160 g/mol. The first kappa shape index (κ1) is 9.47. The highest BCUT2D eigenvalue weighted by atomic mass is 15.0. The number of nitrogens with two attached hydrogens (primary N) is 1. The average molecular weight is 182 g/mol. The van der Waals surface area contributed by atoms with Gasteiger partial charge in [0, 0.05) is 12.1 Å². The van der Waals surface area contributed by atoms with Crippen LogP contribution in [0.15, 0.2) is 0 Å². The summed E-state index contributed by atoms with van der Waals surface area (Å²) in [5, 5.41) is 3.53. The minimum Gasteiger partial charge on any atom is -0.326 e. The first-order valence-electron chi connectivity index (χ1n) is 5.87. The normalized spacial score (nSPS) is 33.5. The van der Waals surface area contributed by atoms with Crippen molar-refractivity contribution in [1.29, 1.82) is 0 Å². The van der Waals surface area contributed by atoms with Gasteiger partial charge in [0.15, 0.2) is 0 Å². The summed E-state index contributed by atoms with van der Waals surface area (Å²) in [5.74, 6) is 0.810. The van der Waals surface area contributed by atoms with Crippen LogP contribution in [0.1, 0.15) is 44.9 Å². The fourth-order valence-electron chi connectivity index (χ4n) is 2.89. The summed E-state index contributed by atoms with van der Waals surface area (Å²) >= 11 is 0. The third-order valence-electron chi connectivity index (χ3n) is 3.76. The molecule has 1 aliphatic heterocycles. The number of rotatable bonds is 2. The highest BCUT2D eigenvalue weighted by Gasteiger charge is 2.28. The summed E-state index contributed by atoms with van der Waals surface area (Å²) < 4.78 is 0. The molecule has 2 aliphatic rings. The van der Waals surface area contributed by atoms with Crippen LogP contribution in [-0.2, 0) is 0 Å². The number of hydrogen-bond acceptors (Lipinski definition) is 2. The Morgan fingerprint density at radius 1 is 1.00 bits per heavy atom. The Kier molecular flexibility index (Phi) is 3.23. The first-order chi connectivity index (χ1) is 6.38. The highest BCUT2D eigenvalue weighted by molar-refractivity contribution is 4.89. The summed E-state index contributed by atoms with van der Waals surface area (Å²) in [4.78, 5) is 0. The monoisotopic (exact) mass is 182 g/mol. The van der Waals surface area contributed by atoms with Crippen LogP contribution in [0.5, 0.6) is 0 Å². The molecule has 0 aromatic heterocycles. The molecule has 0 spiro atoms. The van der Waals surface area contributed by atoms with Gasteiger partial charge >= 0.3 is 0 Å². The standard InChI is InChI=1S/C11H22N2/c12-11(10-7-4-8-13-10)9-5-2-1-3-6-9/h9-11,13H,1-8,12H2. The van der Waals surface area contributed by atoms with E-state index in [4.69, 9.17) is 5.73 Å². The van der Waals surface area contributed by atoms with Crippen LogP contribution in [0.3, 0.4) is 0 Å². The molecule has 3 N–H and O–H groups in total. The van der Waals surface area contributed by atoms with Gasteiger partial charge in [0.2, 0.25) is 0 Å². The van der Waals surface area contributed by atoms with E-state index in [2.05, 4.69) is 5.32 Å². The lowest BCUT2D eigenvalue weighted by molar-refractivity contribution is 0.268. The van der Waals surface area contributed by atoms with Crippen LogP contribution in [0, 0.1) is 5.92 Å². The van der Waals surface area contributed by atoms with E-state index < -0.39 is 0 Å². The lowest BCUT2D eigenvalue weighted by Gasteiger charge is -2.31. The predicted octanol–water partition coefficient (Wildman–Crippen LogP) is 1.65. The second kappa shape index (κ2) is 4.43. The molecule has 0 aromatic rings. The Balaban J connectivity index is 1.83. The number of hydrogen-bond donors (Lipinski definition) is 2. The van der Waals surface area contributed by atoms with Crippen molar-refractivity contribution in [2.24, 2.45) is 11.7 Å². The second-order valence-corrected chi connectivity index (χ2v) is 4.68. The van der Waals surface area contributed by atoms with Gasteiger partial charge in [0.1, 0.15) is 0 Å². The Morgan fingerprint density at radius 2 is 1.77 bits per heavy atom. The van der Waals surface area contributed by atoms with Crippen molar-refractivity contribution in [3.63, 3.8) is 0 Å². The SMILES string of the molecule is NC(C1CCCCC1)C1CCCN1. The molecule has 76 valence electrons. The van der Waals surface area contributed by atoms with Crippen molar-refractivity contribution in [3.05, 3.63) is 0 Å². The smallest absolute Gasteiger partial charge is 0.0223 e. The molecule has 0 amide bonds. The molecule has 2 rings (SSSR count). The van der Waals surface area contributed by atoms with E-state index in [1.165, 1.54) is 51.5 Å². The molecule has 0 bridgehead atoms. The van der Waals surface area contributed by atoms with Crippen LogP contribution in [0.25, 0.3) is 0 Å². The van der Waals surface area contributed by atoms with Crippen molar-refractivity contribution < 1.29 is 0 Å². The lowest BCUT2D eigenvalue weighted by Crippen LogP contribution is -2.46. The fourth-order valence-corrected chi connectivity index (χ4v) is 2.89. The van der Waals surface area contributed by atoms with Gasteiger partial charge < -0.3 is 11.1 Å². The van der Waals surface area contributed by atoms with Crippen molar-refractivity contribution >= 4 is 0 Å². The molecule has 1 saturated carbocycles. The molecule has 2 nitrogen and oxygen atoms in total. The molecule has 2 fully saturated rings. The number of nitrogens with one attached hydrogen (secondary N) is 1. The quantitative estimate of drug-likeness (QED) is 0.681. The van der Waals surface area contributed by atoms with E-state index in [1.807, 2.05) is 0 Å². The first-order valence-corrected chi connectivity index (χ1v) is 5.87. The van der Waals surface area contributed by atoms with Crippen molar-refractivity contribution in [1.82, 2.24) is 5.32 Å². The van der Waals surface area contributed by atoms with Crippen molar-refractivity contribution in [2.75, 3.05) is 6.54 Å². The van der Waals surface area contributed by atoms with Gasteiger partial charge in [-0.15, -0.1) is 0 Å². The van der Waals surface area contributed by atoms with E-state index in [-0.39, 0.29) is 0 Å². The Labute approximate surface area is 81.3 Å². The Morgan fingerprint density at radius 3 is 2.38 bits per heavy atom. The van der Waals surface area contributed by atoms with Gasteiger partial charge in [0.05, 0.1) is 0 Å². The summed E-state index contributed by atoms with van der Waals surface area (Å²) in [5.41, 5.74) is 6.29. The third kappa shape index (κ3) is 2.23. The van der Waals surface area contributed by atoms with Crippen molar-refractivity contribution in [3.8, 4) is 0 Å². The van der Waals surface area contributed by atoms with E-state index >= 15 is 0 Å².